The van der Waals surface area contributed by atoms with Crippen molar-refractivity contribution in [2.75, 3.05) is 19.7 Å². The van der Waals surface area contributed by atoms with Crippen molar-refractivity contribution in [3.8, 4) is 0 Å². The lowest BCUT2D eigenvalue weighted by molar-refractivity contribution is -0.144. The first kappa shape index (κ1) is 20.5. The number of carbonyl (C=O) groups excluding carboxylic acids is 1. The molecular formula is C18H24F3N5O2. The highest BCUT2D eigenvalue weighted by Crippen LogP contribution is 2.27. The summed E-state index contributed by atoms with van der Waals surface area (Å²) in [5.74, 6) is -1.29. The smallest absolute Gasteiger partial charge is 0.377 e. The molecule has 1 fully saturated rings. The van der Waals surface area contributed by atoms with Crippen LogP contribution >= 0.6 is 0 Å². The van der Waals surface area contributed by atoms with Crippen LogP contribution in [0.1, 0.15) is 49.0 Å². The first-order valence-corrected chi connectivity index (χ1v) is 9.40. The maximum absolute atomic E-state index is 12.9. The monoisotopic (exact) mass is 399 g/mol. The summed E-state index contributed by atoms with van der Waals surface area (Å²) in [5.41, 5.74) is 1.80. The zero-order valence-corrected chi connectivity index (χ0v) is 16.2. The number of halogens is 3. The van der Waals surface area contributed by atoms with Gasteiger partial charge in [-0.2, -0.15) is 18.2 Å². The Morgan fingerprint density at radius 3 is 2.71 bits per heavy atom. The number of aryl methyl sites for hydroxylation is 2. The van der Waals surface area contributed by atoms with E-state index in [1.807, 2.05) is 6.92 Å². The lowest BCUT2D eigenvalue weighted by atomic mass is 10.0. The predicted octanol–water partition coefficient (Wildman–Crippen LogP) is 2.72. The molecule has 10 heteroatoms. The number of ether oxygens (including phenoxy) is 1. The van der Waals surface area contributed by atoms with Gasteiger partial charge in [-0.05, 0) is 45.6 Å². The summed E-state index contributed by atoms with van der Waals surface area (Å²) in [6.07, 6.45) is -2.06. The quantitative estimate of drug-likeness (QED) is 0.773. The molecule has 0 N–H and O–H groups in total. The Morgan fingerprint density at radius 1 is 1.29 bits per heavy atom. The van der Waals surface area contributed by atoms with Crippen LogP contribution in [0.5, 0.6) is 0 Å². The Kier molecular flexibility index (Phi) is 5.87. The van der Waals surface area contributed by atoms with E-state index in [1.165, 1.54) is 0 Å². The topological polar surface area (TPSA) is 72.6 Å². The second-order valence-electron chi connectivity index (χ2n) is 6.97. The van der Waals surface area contributed by atoms with Crippen molar-refractivity contribution in [2.24, 2.45) is 0 Å². The Morgan fingerprint density at radius 2 is 2.04 bits per heavy atom. The summed E-state index contributed by atoms with van der Waals surface area (Å²) in [6, 6.07) is 0. The molecule has 7 nitrogen and oxygen atoms in total. The van der Waals surface area contributed by atoms with E-state index >= 15 is 0 Å². The Hall–Kier alpha value is -2.23. The highest BCUT2D eigenvalue weighted by molar-refractivity contribution is 5.76. The molecule has 0 aromatic carbocycles. The molecule has 0 aliphatic carbocycles. The fourth-order valence-corrected chi connectivity index (χ4v) is 3.62. The van der Waals surface area contributed by atoms with E-state index in [0.29, 0.717) is 37.5 Å². The number of piperidine rings is 1. The van der Waals surface area contributed by atoms with Crippen LogP contribution in [-0.4, -0.2) is 56.2 Å². The number of likely N-dealkylation sites (tertiary alicyclic amines) is 1. The number of hydrogen-bond donors (Lipinski definition) is 0. The Labute approximate surface area is 160 Å². The largest absolute Gasteiger partial charge is 0.453 e. The molecule has 28 heavy (non-hydrogen) atoms. The number of aromatic nitrogens is 4. The summed E-state index contributed by atoms with van der Waals surface area (Å²) in [7, 11) is 0. The average molecular weight is 399 g/mol. The Balaban J connectivity index is 1.74. The minimum Gasteiger partial charge on any atom is -0.377 e. The second-order valence-corrected chi connectivity index (χ2v) is 6.97. The van der Waals surface area contributed by atoms with Gasteiger partial charge in [0.25, 0.3) is 11.6 Å². The van der Waals surface area contributed by atoms with Crippen LogP contribution in [0.3, 0.4) is 0 Å². The molecule has 0 radical (unpaired) electrons. The van der Waals surface area contributed by atoms with E-state index in [0.717, 1.165) is 22.9 Å². The molecule has 0 spiro atoms. The van der Waals surface area contributed by atoms with Gasteiger partial charge in [-0.3, -0.25) is 4.79 Å². The molecule has 3 rings (SSSR count). The standard InChI is InChI=1S/C18H24F3N5O2/c1-4-28-13-6-5-9-25(10-13)15(27)8-7-14-11(2)22-17-23-16(18(19,20)21)24-26(17)12(14)3/h13H,4-10H2,1-3H3. The second kappa shape index (κ2) is 8.02. The number of rotatable bonds is 5. The van der Waals surface area contributed by atoms with Gasteiger partial charge in [-0.15, -0.1) is 5.10 Å². The van der Waals surface area contributed by atoms with E-state index in [9.17, 15) is 18.0 Å². The van der Waals surface area contributed by atoms with Gasteiger partial charge >= 0.3 is 6.18 Å². The molecule has 1 amide bonds. The molecule has 1 unspecified atom stereocenters. The zero-order valence-electron chi connectivity index (χ0n) is 16.2. The van der Waals surface area contributed by atoms with Gasteiger partial charge in [0, 0.05) is 37.5 Å². The van der Waals surface area contributed by atoms with E-state index < -0.39 is 12.0 Å². The summed E-state index contributed by atoms with van der Waals surface area (Å²) in [6.45, 7) is 7.22. The number of nitrogens with zero attached hydrogens (tertiary/aromatic N) is 5. The van der Waals surface area contributed by atoms with Crippen LogP contribution in [0.25, 0.3) is 5.78 Å². The lowest BCUT2D eigenvalue weighted by Gasteiger charge is -2.32. The van der Waals surface area contributed by atoms with Gasteiger partial charge in [0.05, 0.1) is 6.10 Å². The summed E-state index contributed by atoms with van der Waals surface area (Å²) in [5, 5.41) is 3.54. The maximum Gasteiger partial charge on any atom is 0.453 e. The van der Waals surface area contributed by atoms with Crippen LogP contribution in [0.15, 0.2) is 0 Å². The minimum absolute atomic E-state index is 0.0119. The Bertz CT molecular complexity index is 863. The highest BCUT2D eigenvalue weighted by atomic mass is 19.4. The molecular weight excluding hydrogens is 375 g/mol. The van der Waals surface area contributed by atoms with Crippen molar-refractivity contribution >= 4 is 11.7 Å². The molecule has 3 heterocycles. The van der Waals surface area contributed by atoms with Crippen LogP contribution in [0, 0.1) is 13.8 Å². The van der Waals surface area contributed by atoms with Crippen LogP contribution in [0.4, 0.5) is 13.2 Å². The number of alkyl halides is 3. The van der Waals surface area contributed by atoms with Gasteiger partial charge in [-0.1, -0.05) is 0 Å². The highest BCUT2D eigenvalue weighted by Gasteiger charge is 2.37. The summed E-state index contributed by atoms with van der Waals surface area (Å²) >= 11 is 0. The normalized spacial score (nSPS) is 18.1. The number of carbonyl (C=O) groups is 1. The molecule has 2 aromatic rings. The van der Waals surface area contributed by atoms with Gasteiger partial charge in [0.1, 0.15) is 0 Å². The third kappa shape index (κ3) is 4.26. The molecule has 2 aromatic heterocycles. The molecule has 1 aliphatic heterocycles. The van der Waals surface area contributed by atoms with Gasteiger partial charge in [0.2, 0.25) is 5.91 Å². The molecule has 0 saturated carbocycles. The molecule has 154 valence electrons. The van der Waals surface area contributed by atoms with Crippen molar-refractivity contribution < 1.29 is 22.7 Å². The SMILES string of the molecule is CCOC1CCCN(C(=O)CCc2c(C)nc3nc(C(F)(F)F)nn3c2C)C1. The van der Waals surface area contributed by atoms with Gasteiger partial charge in [-0.25, -0.2) is 9.50 Å². The first-order valence-electron chi connectivity index (χ1n) is 9.40. The fourth-order valence-electron chi connectivity index (χ4n) is 3.62. The molecule has 0 bridgehead atoms. The molecule has 1 aliphatic rings. The van der Waals surface area contributed by atoms with E-state index in [4.69, 9.17) is 4.74 Å². The van der Waals surface area contributed by atoms with Crippen molar-refractivity contribution in [1.82, 2.24) is 24.5 Å². The van der Waals surface area contributed by atoms with Crippen molar-refractivity contribution in [3.05, 3.63) is 22.8 Å². The minimum atomic E-state index is -4.63. The fraction of sp³-hybridized carbons (Fsp3) is 0.667. The van der Waals surface area contributed by atoms with E-state index in [2.05, 4.69) is 15.1 Å². The van der Waals surface area contributed by atoms with Crippen molar-refractivity contribution in [3.63, 3.8) is 0 Å². The van der Waals surface area contributed by atoms with Crippen LogP contribution < -0.4 is 0 Å². The third-order valence-corrected chi connectivity index (χ3v) is 5.02. The van der Waals surface area contributed by atoms with Crippen LogP contribution in [0.2, 0.25) is 0 Å². The zero-order chi connectivity index (χ0) is 20.5. The number of fused-ring (bicyclic) bond motifs is 1. The van der Waals surface area contributed by atoms with Crippen molar-refractivity contribution in [1.29, 1.82) is 0 Å². The summed E-state index contributed by atoms with van der Waals surface area (Å²) < 4.78 is 45.4. The summed E-state index contributed by atoms with van der Waals surface area (Å²) in [4.78, 5) is 22.0. The number of hydrogen-bond acceptors (Lipinski definition) is 5. The number of amides is 1. The van der Waals surface area contributed by atoms with Gasteiger partial charge < -0.3 is 9.64 Å². The molecule has 1 atom stereocenters. The molecule has 1 saturated heterocycles. The average Bonchev–Trinajstić information content (AvgIpc) is 3.06. The maximum atomic E-state index is 12.9. The van der Waals surface area contributed by atoms with Crippen LogP contribution in [-0.2, 0) is 22.1 Å². The predicted molar refractivity (Wildman–Crippen MR) is 94.8 cm³/mol. The van der Waals surface area contributed by atoms with E-state index in [-0.39, 0.29) is 24.2 Å². The third-order valence-electron chi connectivity index (χ3n) is 5.02. The lowest BCUT2D eigenvalue weighted by Crippen LogP contribution is -2.43. The van der Waals surface area contributed by atoms with E-state index in [1.54, 1.807) is 18.7 Å². The first-order chi connectivity index (χ1) is 13.2. The van der Waals surface area contributed by atoms with Gasteiger partial charge in [0.15, 0.2) is 0 Å². The van der Waals surface area contributed by atoms with Crippen molar-refractivity contribution in [2.45, 2.75) is 58.7 Å².